The summed E-state index contributed by atoms with van der Waals surface area (Å²) in [4.78, 5) is 29.3. The van der Waals surface area contributed by atoms with Gasteiger partial charge in [-0.1, -0.05) is 43.5 Å². The summed E-state index contributed by atoms with van der Waals surface area (Å²) in [5.41, 5.74) is 2.09. The summed E-state index contributed by atoms with van der Waals surface area (Å²) in [5, 5.41) is 3.13. The number of nitrogens with one attached hydrogen (secondary N) is 1. The predicted molar refractivity (Wildman–Crippen MR) is 178 cm³/mol. The average Bonchev–Trinajstić information content (AvgIpc) is 3.07. The van der Waals surface area contributed by atoms with Gasteiger partial charge in [0.1, 0.15) is 18.3 Å². The number of hydrogen-bond donors (Lipinski definition) is 1. The van der Waals surface area contributed by atoms with Gasteiger partial charge in [0.25, 0.3) is 10.0 Å². The molecule has 2 amide bonds. The standard InChI is InChI=1S/C35H45N3O7S/c1-6-45-30-18-16-29(17-19-30)38(46(41,42)31-20-21-32(43-4)33(22-31)44-5)24-34(39)37(23-27-13-11-10-12-25(27)2)26(3)35(40)36-28-14-8-7-9-15-28/h10-13,16-22,26,28H,6-9,14-15,23-24H2,1-5H3,(H,36,40). The van der Waals surface area contributed by atoms with Gasteiger partial charge in [0.15, 0.2) is 11.5 Å². The molecule has 0 aliphatic heterocycles. The van der Waals surface area contributed by atoms with Gasteiger partial charge >= 0.3 is 0 Å². The highest BCUT2D eigenvalue weighted by atomic mass is 32.2. The Morgan fingerprint density at radius 3 is 2.24 bits per heavy atom. The number of amides is 2. The van der Waals surface area contributed by atoms with Crippen molar-refractivity contribution in [1.82, 2.24) is 10.2 Å². The monoisotopic (exact) mass is 651 g/mol. The van der Waals surface area contributed by atoms with Gasteiger partial charge in [-0.25, -0.2) is 8.42 Å². The van der Waals surface area contributed by atoms with E-state index in [0.29, 0.717) is 18.1 Å². The SMILES string of the molecule is CCOc1ccc(N(CC(=O)N(Cc2ccccc2C)C(C)C(=O)NC2CCCCC2)S(=O)(=O)c2ccc(OC)c(OC)c2)cc1. The van der Waals surface area contributed by atoms with Crippen molar-refractivity contribution in [2.24, 2.45) is 0 Å². The molecule has 0 aromatic heterocycles. The maximum absolute atomic E-state index is 14.3. The minimum atomic E-state index is -4.31. The topological polar surface area (TPSA) is 114 Å². The highest BCUT2D eigenvalue weighted by molar-refractivity contribution is 7.92. The lowest BCUT2D eigenvalue weighted by Gasteiger charge is -2.33. The first-order chi connectivity index (χ1) is 22.1. The summed E-state index contributed by atoms with van der Waals surface area (Å²) >= 11 is 0. The smallest absolute Gasteiger partial charge is 0.264 e. The third-order valence-corrected chi connectivity index (χ3v) is 10.1. The van der Waals surface area contributed by atoms with Crippen molar-refractivity contribution in [2.45, 2.75) is 76.4 Å². The number of ether oxygens (including phenoxy) is 3. The number of methoxy groups -OCH3 is 2. The highest BCUT2D eigenvalue weighted by Crippen LogP contribution is 2.33. The van der Waals surface area contributed by atoms with Crippen LogP contribution >= 0.6 is 0 Å². The maximum atomic E-state index is 14.3. The number of sulfonamides is 1. The van der Waals surface area contributed by atoms with E-state index in [1.807, 2.05) is 38.1 Å². The molecule has 0 bridgehead atoms. The number of carbonyl (C=O) groups excluding carboxylic acids is 2. The van der Waals surface area contributed by atoms with Crippen molar-refractivity contribution in [3.05, 3.63) is 77.9 Å². The van der Waals surface area contributed by atoms with Crippen LogP contribution in [-0.4, -0.2) is 64.6 Å². The molecule has 4 rings (SSSR count). The number of hydrogen-bond acceptors (Lipinski definition) is 7. The summed E-state index contributed by atoms with van der Waals surface area (Å²) in [5.74, 6) is 0.384. The largest absolute Gasteiger partial charge is 0.494 e. The van der Waals surface area contributed by atoms with Crippen LogP contribution in [0.1, 0.15) is 57.1 Å². The van der Waals surface area contributed by atoms with Crippen LogP contribution in [0.15, 0.2) is 71.6 Å². The predicted octanol–water partition coefficient (Wildman–Crippen LogP) is 5.47. The first kappa shape index (κ1) is 34.6. The Balaban J connectivity index is 1.72. The van der Waals surface area contributed by atoms with E-state index < -0.39 is 28.5 Å². The summed E-state index contributed by atoms with van der Waals surface area (Å²) in [6.45, 7) is 5.53. The zero-order valence-electron chi connectivity index (χ0n) is 27.3. The third kappa shape index (κ3) is 8.31. The molecule has 1 saturated carbocycles. The molecule has 3 aromatic rings. The molecule has 3 aromatic carbocycles. The quantitative estimate of drug-likeness (QED) is 0.246. The van der Waals surface area contributed by atoms with E-state index in [-0.39, 0.29) is 34.8 Å². The van der Waals surface area contributed by atoms with Crippen LogP contribution < -0.4 is 23.8 Å². The van der Waals surface area contributed by atoms with E-state index >= 15 is 0 Å². The average molecular weight is 652 g/mol. The molecule has 0 radical (unpaired) electrons. The van der Waals surface area contributed by atoms with Gasteiger partial charge in [-0.3, -0.25) is 13.9 Å². The van der Waals surface area contributed by atoms with Crippen molar-refractivity contribution < 1.29 is 32.2 Å². The van der Waals surface area contributed by atoms with Crippen LogP contribution in [0.5, 0.6) is 17.2 Å². The highest BCUT2D eigenvalue weighted by Gasteiger charge is 2.34. The summed E-state index contributed by atoms with van der Waals surface area (Å²) < 4.78 is 45.9. The Bertz CT molecular complexity index is 1590. The Hall–Kier alpha value is -4.25. The van der Waals surface area contributed by atoms with E-state index in [0.717, 1.165) is 47.5 Å². The Morgan fingerprint density at radius 1 is 0.935 bits per heavy atom. The molecule has 0 heterocycles. The van der Waals surface area contributed by atoms with Gasteiger partial charge in [0.2, 0.25) is 11.8 Å². The minimum Gasteiger partial charge on any atom is -0.494 e. The Labute approximate surface area is 272 Å². The normalized spacial score (nSPS) is 14.2. The molecule has 46 heavy (non-hydrogen) atoms. The molecule has 1 atom stereocenters. The molecule has 11 heteroatoms. The van der Waals surface area contributed by atoms with Crippen molar-refractivity contribution in [2.75, 3.05) is 31.7 Å². The van der Waals surface area contributed by atoms with Crippen molar-refractivity contribution in [3.8, 4) is 17.2 Å². The second kappa shape index (κ2) is 15.8. The van der Waals surface area contributed by atoms with E-state index in [1.54, 1.807) is 31.2 Å². The second-order valence-electron chi connectivity index (χ2n) is 11.4. The van der Waals surface area contributed by atoms with Crippen LogP contribution in [0.4, 0.5) is 5.69 Å². The number of nitrogens with zero attached hydrogens (tertiary/aromatic N) is 2. The zero-order chi connectivity index (χ0) is 33.3. The van der Waals surface area contributed by atoms with Gasteiger partial charge < -0.3 is 24.4 Å². The van der Waals surface area contributed by atoms with E-state index in [9.17, 15) is 18.0 Å². The fourth-order valence-electron chi connectivity index (χ4n) is 5.63. The van der Waals surface area contributed by atoms with Crippen LogP contribution in [0, 0.1) is 6.92 Å². The zero-order valence-corrected chi connectivity index (χ0v) is 28.1. The first-order valence-electron chi connectivity index (χ1n) is 15.7. The van der Waals surface area contributed by atoms with Crippen molar-refractivity contribution in [1.29, 1.82) is 0 Å². The molecule has 1 aliphatic rings. The third-order valence-electron chi connectivity index (χ3n) is 8.38. The first-order valence-corrected chi connectivity index (χ1v) is 17.1. The molecule has 0 spiro atoms. The van der Waals surface area contributed by atoms with Crippen LogP contribution in [0.2, 0.25) is 0 Å². The van der Waals surface area contributed by atoms with Crippen LogP contribution in [0.25, 0.3) is 0 Å². The number of benzene rings is 3. The number of anilines is 1. The minimum absolute atomic E-state index is 0.0601. The summed E-state index contributed by atoms with van der Waals surface area (Å²) in [6, 6.07) is 17.7. The van der Waals surface area contributed by atoms with Gasteiger partial charge in [0, 0.05) is 18.7 Å². The molecule has 1 aliphatic carbocycles. The van der Waals surface area contributed by atoms with Crippen molar-refractivity contribution in [3.63, 3.8) is 0 Å². The maximum Gasteiger partial charge on any atom is 0.264 e. The second-order valence-corrected chi connectivity index (χ2v) is 13.3. The van der Waals surface area contributed by atoms with Gasteiger partial charge in [-0.2, -0.15) is 0 Å². The summed E-state index contributed by atoms with van der Waals surface area (Å²) in [6.07, 6.45) is 5.06. The van der Waals surface area contributed by atoms with Crippen LogP contribution in [0.3, 0.4) is 0 Å². The molecular weight excluding hydrogens is 606 g/mol. The number of aryl methyl sites for hydroxylation is 1. The Morgan fingerprint density at radius 2 is 1.61 bits per heavy atom. The van der Waals surface area contributed by atoms with Gasteiger partial charge in [-0.15, -0.1) is 0 Å². The lowest BCUT2D eigenvalue weighted by atomic mass is 9.95. The number of rotatable bonds is 14. The molecule has 0 saturated heterocycles. The molecule has 10 nitrogen and oxygen atoms in total. The molecule has 1 fully saturated rings. The van der Waals surface area contributed by atoms with Crippen molar-refractivity contribution >= 4 is 27.5 Å². The molecule has 248 valence electrons. The van der Waals surface area contributed by atoms with E-state index in [2.05, 4.69) is 5.32 Å². The van der Waals surface area contributed by atoms with E-state index in [4.69, 9.17) is 14.2 Å². The molecular formula is C35H45N3O7S. The molecule has 1 unspecified atom stereocenters. The molecule has 1 N–H and O–H groups in total. The van der Waals surface area contributed by atoms with Gasteiger partial charge in [0.05, 0.1) is 31.4 Å². The van der Waals surface area contributed by atoms with Gasteiger partial charge in [-0.05, 0) is 81.1 Å². The summed E-state index contributed by atoms with van der Waals surface area (Å²) in [7, 11) is -1.42. The Kier molecular flexibility index (Phi) is 11.9. The fraction of sp³-hybridized carbons (Fsp3) is 0.429. The van der Waals surface area contributed by atoms with E-state index in [1.165, 1.54) is 37.3 Å². The van der Waals surface area contributed by atoms with Crippen LogP contribution in [-0.2, 0) is 26.2 Å². The number of carbonyl (C=O) groups is 2. The lowest BCUT2D eigenvalue weighted by molar-refractivity contribution is -0.139. The fourth-order valence-corrected chi connectivity index (χ4v) is 7.06. The lowest BCUT2D eigenvalue weighted by Crippen LogP contribution is -2.53.